The average Bonchev–Trinajstić information content (AvgIpc) is 2.22. The molecule has 1 aromatic carbocycles. The van der Waals surface area contributed by atoms with Crippen molar-refractivity contribution < 1.29 is 5.11 Å². The molecule has 0 saturated heterocycles. The summed E-state index contributed by atoms with van der Waals surface area (Å²) < 4.78 is 0. The van der Waals surface area contributed by atoms with Crippen LogP contribution in [-0.4, -0.2) is 15.1 Å². The smallest absolute Gasteiger partial charge is 0.266 e. The lowest BCUT2D eigenvalue weighted by Crippen LogP contribution is -2.08. The van der Waals surface area contributed by atoms with E-state index < -0.39 is 0 Å². The molecule has 0 radical (unpaired) electrons. The minimum absolute atomic E-state index is 0.203. The second-order valence-corrected chi connectivity index (χ2v) is 3.26. The van der Waals surface area contributed by atoms with Gasteiger partial charge in [0.1, 0.15) is 5.75 Å². The number of benzene rings is 1. The quantitative estimate of drug-likeness (QED) is 0.765. The fourth-order valence-electron chi connectivity index (χ4n) is 1.34. The van der Waals surface area contributed by atoms with E-state index in [0.717, 1.165) is 11.3 Å². The highest BCUT2D eigenvalue weighted by Gasteiger charge is 1.97. The van der Waals surface area contributed by atoms with E-state index in [4.69, 9.17) is 5.11 Å². The highest BCUT2D eigenvalue weighted by Crippen LogP contribution is 2.11. The third-order valence-electron chi connectivity index (χ3n) is 2.04. The summed E-state index contributed by atoms with van der Waals surface area (Å²) in [5.74, 6) is 0.235. The minimum atomic E-state index is -0.203. The molecule has 0 bridgehead atoms. The minimum Gasteiger partial charge on any atom is -0.508 e. The Kier molecular flexibility index (Phi) is 2.49. The Hall–Kier alpha value is -2.10. The standard InChI is InChI=1S/C11H10N2O2/c14-10-3-1-8(2-4-10)5-9-6-12-7-11(15)13-9/h1-4,6-7,14H,5H2,(H,13,15). The molecule has 2 aromatic rings. The van der Waals surface area contributed by atoms with Crippen molar-refractivity contribution >= 4 is 0 Å². The number of aromatic nitrogens is 2. The zero-order chi connectivity index (χ0) is 10.7. The van der Waals surface area contributed by atoms with Gasteiger partial charge in [-0.1, -0.05) is 12.1 Å². The summed E-state index contributed by atoms with van der Waals surface area (Å²) in [5, 5.41) is 9.10. The second-order valence-electron chi connectivity index (χ2n) is 3.26. The third kappa shape index (κ3) is 2.43. The summed E-state index contributed by atoms with van der Waals surface area (Å²) in [6, 6.07) is 6.84. The lowest BCUT2D eigenvalue weighted by molar-refractivity contribution is 0.475. The van der Waals surface area contributed by atoms with E-state index in [-0.39, 0.29) is 11.3 Å². The van der Waals surface area contributed by atoms with Gasteiger partial charge in [-0.05, 0) is 17.7 Å². The molecule has 2 rings (SSSR count). The molecule has 0 aliphatic rings. The van der Waals surface area contributed by atoms with Crippen LogP contribution in [0.25, 0.3) is 0 Å². The molecule has 0 aliphatic heterocycles. The van der Waals surface area contributed by atoms with Crippen molar-refractivity contribution in [2.45, 2.75) is 6.42 Å². The predicted molar refractivity (Wildman–Crippen MR) is 55.8 cm³/mol. The first kappa shape index (κ1) is 9.45. The van der Waals surface area contributed by atoms with Gasteiger partial charge < -0.3 is 10.1 Å². The number of phenolic OH excluding ortho intramolecular Hbond substituents is 1. The van der Waals surface area contributed by atoms with E-state index in [1.807, 2.05) is 0 Å². The van der Waals surface area contributed by atoms with E-state index >= 15 is 0 Å². The van der Waals surface area contributed by atoms with Gasteiger partial charge in [0.2, 0.25) is 0 Å². The molecule has 4 heteroatoms. The number of phenols is 1. The summed E-state index contributed by atoms with van der Waals surface area (Å²) in [4.78, 5) is 17.5. The number of rotatable bonds is 2. The van der Waals surface area contributed by atoms with Crippen LogP contribution in [0.15, 0.2) is 41.5 Å². The lowest BCUT2D eigenvalue weighted by atomic mass is 10.1. The van der Waals surface area contributed by atoms with Crippen LogP contribution in [0, 0.1) is 0 Å². The van der Waals surface area contributed by atoms with Gasteiger partial charge in [-0.2, -0.15) is 0 Å². The Balaban J connectivity index is 2.22. The van der Waals surface area contributed by atoms with Crippen molar-refractivity contribution in [1.82, 2.24) is 9.97 Å². The van der Waals surface area contributed by atoms with Crippen LogP contribution in [0.5, 0.6) is 5.75 Å². The summed E-state index contributed by atoms with van der Waals surface area (Å²) in [6.07, 6.45) is 3.46. The van der Waals surface area contributed by atoms with E-state index in [0.29, 0.717) is 6.42 Å². The first-order chi connectivity index (χ1) is 7.24. The van der Waals surface area contributed by atoms with Crippen molar-refractivity contribution in [2.24, 2.45) is 0 Å². The van der Waals surface area contributed by atoms with E-state index in [1.54, 1.807) is 30.5 Å². The number of hydrogen-bond donors (Lipinski definition) is 2. The third-order valence-corrected chi connectivity index (χ3v) is 2.04. The van der Waals surface area contributed by atoms with E-state index in [1.165, 1.54) is 6.20 Å². The van der Waals surface area contributed by atoms with Gasteiger partial charge in [-0.15, -0.1) is 0 Å². The van der Waals surface area contributed by atoms with Crippen LogP contribution in [0.3, 0.4) is 0 Å². The highest BCUT2D eigenvalue weighted by atomic mass is 16.3. The van der Waals surface area contributed by atoms with Crippen molar-refractivity contribution in [3.05, 3.63) is 58.3 Å². The molecule has 4 nitrogen and oxygen atoms in total. The first-order valence-electron chi connectivity index (χ1n) is 4.55. The Bertz CT molecular complexity index is 502. The summed E-state index contributed by atoms with van der Waals surface area (Å²) in [6.45, 7) is 0. The monoisotopic (exact) mass is 202 g/mol. The Morgan fingerprint density at radius 1 is 1.20 bits per heavy atom. The number of aromatic hydroxyl groups is 1. The van der Waals surface area contributed by atoms with Gasteiger partial charge in [-0.3, -0.25) is 9.78 Å². The maximum atomic E-state index is 11.0. The molecular formula is C11H10N2O2. The van der Waals surface area contributed by atoms with Crippen molar-refractivity contribution in [3.63, 3.8) is 0 Å². The fourth-order valence-corrected chi connectivity index (χ4v) is 1.34. The zero-order valence-electron chi connectivity index (χ0n) is 7.97. The maximum Gasteiger partial charge on any atom is 0.266 e. The zero-order valence-corrected chi connectivity index (χ0v) is 7.97. The van der Waals surface area contributed by atoms with Gasteiger partial charge in [0, 0.05) is 18.3 Å². The Morgan fingerprint density at radius 3 is 2.60 bits per heavy atom. The molecule has 0 aliphatic carbocycles. The van der Waals surface area contributed by atoms with Crippen molar-refractivity contribution in [1.29, 1.82) is 0 Å². The molecule has 0 atom stereocenters. The molecule has 0 fully saturated rings. The number of nitrogens with one attached hydrogen (secondary N) is 1. The van der Waals surface area contributed by atoms with Crippen LogP contribution in [0.4, 0.5) is 0 Å². The van der Waals surface area contributed by atoms with Crippen LogP contribution in [-0.2, 0) is 6.42 Å². The van der Waals surface area contributed by atoms with E-state index in [2.05, 4.69) is 9.97 Å². The molecule has 76 valence electrons. The van der Waals surface area contributed by atoms with Gasteiger partial charge in [0.15, 0.2) is 0 Å². The largest absolute Gasteiger partial charge is 0.508 e. The van der Waals surface area contributed by atoms with Gasteiger partial charge in [0.25, 0.3) is 5.56 Å². The topological polar surface area (TPSA) is 66.0 Å². The van der Waals surface area contributed by atoms with Crippen molar-refractivity contribution in [2.75, 3.05) is 0 Å². The van der Waals surface area contributed by atoms with Crippen LogP contribution in [0.1, 0.15) is 11.3 Å². The fraction of sp³-hybridized carbons (Fsp3) is 0.0909. The number of nitrogens with zero attached hydrogens (tertiary/aromatic N) is 1. The van der Waals surface area contributed by atoms with Crippen LogP contribution in [0.2, 0.25) is 0 Å². The molecule has 0 amide bonds. The molecule has 15 heavy (non-hydrogen) atoms. The molecule has 0 unspecified atom stereocenters. The molecule has 1 aromatic heterocycles. The molecular weight excluding hydrogens is 192 g/mol. The summed E-state index contributed by atoms with van der Waals surface area (Å²) in [7, 11) is 0. The van der Waals surface area contributed by atoms with Gasteiger partial charge in [-0.25, -0.2) is 0 Å². The number of H-pyrrole nitrogens is 1. The Labute approximate surface area is 86.2 Å². The van der Waals surface area contributed by atoms with Gasteiger partial charge >= 0.3 is 0 Å². The number of hydrogen-bond acceptors (Lipinski definition) is 3. The van der Waals surface area contributed by atoms with Crippen LogP contribution >= 0.6 is 0 Å². The van der Waals surface area contributed by atoms with E-state index in [9.17, 15) is 4.79 Å². The van der Waals surface area contributed by atoms with Crippen LogP contribution < -0.4 is 5.56 Å². The average molecular weight is 202 g/mol. The predicted octanol–water partition coefficient (Wildman–Crippen LogP) is 1.07. The Morgan fingerprint density at radius 2 is 1.93 bits per heavy atom. The second kappa shape index (κ2) is 3.96. The maximum absolute atomic E-state index is 11.0. The molecule has 0 spiro atoms. The molecule has 0 saturated carbocycles. The normalized spacial score (nSPS) is 10.1. The first-order valence-corrected chi connectivity index (χ1v) is 4.55. The highest BCUT2D eigenvalue weighted by molar-refractivity contribution is 5.28. The van der Waals surface area contributed by atoms with Gasteiger partial charge in [0.05, 0.1) is 6.20 Å². The summed E-state index contributed by atoms with van der Waals surface area (Å²) >= 11 is 0. The molecule has 1 heterocycles. The number of aromatic amines is 1. The molecule has 2 N–H and O–H groups in total. The lowest BCUT2D eigenvalue weighted by Gasteiger charge is -2.00. The van der Waals surface area contributed by atoms with Crippen molar-refractivity contribution in [3.8, 4) is 5.75 Å². The SMILES string of the molecule is O=c1cncc(Cc2ccc(O)cc2)[nH]1. The summed E-state index contributed by atoms with van der Waals surface area (Å²) in [5.41, 5.74) is 1.57.